The zero-order valence-corrected chi connectivity index (χ0v) is 17.3. The van der Waals surface area contributed by atoms with Crippen molar-refractivity contribution in [1.29, 1.82) is 0 Å². The normalized spacial score (nSPS) is 11.4. The van der Waals surface area contributed by atoms with Crippen LogP contribution < -0.4 is 10.6 Å². The number of guanidine groups is 1. The molecule has 0 aliphatic carbocycles. The Hall–Kier alpha value is -2.57. The van der Waals surface area contributed by atoms with Crippen LogP contribution in [0.1, 0.15) is 60.5 Å². The number of aryl methyl sites for hydroxylation is 1. The second-order valence-electron chi connectivity index (χ2n) is 8.13. The van der Waals surface area contributed by atoms with Gasteiger partial charge in [0.1, 0.15) is 11.2 Å². The largest absolute Gasteiger partial charge is 0.444 e. The molecule has 1 rings (SSSR count). The number of amides is 2. The molecule has 0 aliphatic heterocycles. The van der Waals surface area contributed by atoms with Gasteiger partial charge in [0.2, 0.25) is 5.96 Å². The lowest BCUT2D eigenvalue weighted by molar-refractivity contribution is 0.0545. The zero-order chi connectivity index (χ0) is 20.7. The van der Waals surface area contributed by atoms with Gasteiger partial charge in [0.25, 0.3) is 0 Å². The molecule has 0 saturated heterocycles. The van der Waals surface area contributed by atoms with Crippen LogP contribution in [-0.4, -0.2) is 29.3 Å². The molecule has 0 spiro atoms. The zero-order valence-electron chi connectivity index (χ0n) is 17.3. The molecule has 1 aromatic carbocycles. The number of ether oxygens (including phenoxy) is 2. The van der Waals surface area contributed by atoms with Gasteiger partial charge in [-0.05, 0) is 65.7 Å². The molecule has 7 heteroatoms. The highest BCUT2D eigenvalue weighted by molar-refractivity contribution is 6.02. The average molecular weight is 377 g/mol. The molecule has 0 heterocycles. The molecule has 1 aromatic rings. The van der Waals surface area contributed by atoms with Crippen LogP contribution in [-0.2, 0) is 15.9 Å². The summed E-state index contributed by atoms with van der Waals surface area (Å²) in [5.41, 5.74) is 0.418. The number of nitrogens with one attached hydrogen (secondary N) is 2. The molecule has 150 valence electrons. The Morgan fingerprint density at radius 1 is 0.889 bits per heavy atom. The minimum absolute atomic E-state index is 0.0678. The Labute approximate surface area is 161 Å². The quantitative estimate of drug-likeness (QED) is 0.591. The number of nitrogens with zero attached hydrogens (tertiary/aromatic N) is 1. The third-order valence-electron chi connectivity index (χ3n) is 2.95. The maximum absolute atomic E-state index is 12.1. The van der Waals surface area contributed by atoms with Crippen LogP contribution in [0.4, 0.5) is 15.3 Å². The van der Waals surface area contributed by atoms with Crippen molar-refractivity contribution in [3.63, 3.8) is 0 Å². The summed E-state index contributed by atoms with van der Waals surface area (Å²) in [5, 5.41) is 4.91. The SMILES string of the molecule is CCCc1ccc(N=C(NC(=O)OC(C)(C)C)NC(=O)OC(C)(C)C)cc1. The molecule has 0 bridgehead atoms. The van der Waals surface area contributed by atoms with Crippen LogP contribution in [0.3, 0.4) is 0 Å². The number of benzene rings is 1. The molecule has 0 radical (unpaired) electrons. The second-order valence-corrected chi connectivity index (χ2v) is 8.13. The lowest BCUT2D eigenvalue weighted by Gasteiger charge is -2.22. The van der Waals surface area contributed by atoms with Crippen LogP contribution in [0.15, 0.2) is 29.3 Å². The van der Waals surface area contributed by atoms with Crippen molar-refractivity contribution in [2.75, 3.05) is 0 Å². The van der Waals surface area contributed by atoms with Gasteiger partial charge in [-0.1, -0.05) is 25.5 Å². The van der Waals surface area contributed by atoms with Crippen molar-refractivity contribution in [2.45, 2.75) is 72.5 Å². The van der Waals surface area contributed by atoms with E-state index in [1.54, 1.807) is 41.5 Å². The molecule has 0 aliphatic rings. The molecular formula is C20H31N3O4. The third kappa shape index (κ3) is 10.2. The first-order valence-corrected chi connectivity index (χ1v) is 9.05. The van der Waals surface area contributed by atoms with Gasteiger partial charge < -0.3 is 9.47 Å². The van der Waals surface area contributed by atoms with E-state index in [0.29, 0.717) is 5.69 Å². The highest BCUT2D eigenvalue weighted by atomic mass is 16.6. The topological polar surface area (TPSA) is 89.0 Å². The summed E-state index contributed by atoms with van der Waals surface area (Å²) in [7, 11) is 0. The Kier molecular flexibility index (Phi) is 7.82. The summed E-state index contributed by atoms with van der Waals surface area (Å²) < 4.78 is 10.4. The van der Waals surface area contributed by atoms with E-state index in [1.807, 2.05) is 24.3 Å². The lowest BCUT2D eigenvalue weighted by Crippen LogP contribution is -2.47. The standard InChI is InChI=1S/C20H31N3O4/c1-8-9-14-10-12-15(13-11-14)21-16(22-17(24)26-19(2,3)4)23-18(25)27-20(5,6)7/h10-13H,8-9H2,1-7H3,(H2,21,22,23,24,25). The van der Waals surface area contributed by atoms with Gasteiger partial charge in [0, 0.05) is 0 Å². The van der Waals surface area contributed by atoms with Gasteiger partial charge in [0.15, 0.2) is 0 Å². The van der Waals surface area contributed by atoms with Crippen molar-refractivity contribution < 1.29 is 19.1 Å². The van der Waals surface area contributed by atoms with Gasteiger partial charge in [-0.25, -0.2) is 14.6 Å². The van der Waals surface area contributed by atoms with Crippen LogP contribution in [0.25, 0.3) is 0 Å². The maximum atomic E-state index is 12.1. The summed E-state index contributed by atoms with van der Waals surface area (Å²) in [6.45, 7) is 12.6. The Morgan fingerprint density at radius 3 is 1.70 bits per heavy atom. The van der Waals surface area contributed by atoms with Gasteiger partial charge in [-0.15, -0.1) is 0 Å². The summed E-state index contributed by atoms with van der Waals surface area (Å²) in [4.78, 5) is 28.4. The highest BCUT2D eigenvalue weighted by Gasteiger charge is 2.21. The average Bonchev–Trinajstić information content (AvgIpc) is 2.45. The van der Waals surface area contributed by atoms with E-state index >= 15 is 0 Å². The fraction of sp³-hybridized carbons (Fsp3) is 0.550. The van der Waals surface area contributed by atoms with Crippen LogP contribution in [0, 0.1) is 0 Å². The monoisotopic (exact) mass is 377 g/mol. The van der Waals surface area contributed by atoms with Crippen molar-refractivity contribution in [3.8, 4) is 0 Å². The predicted molar refractivity (Wildman–Crippen MR) is 106 cm³/mol. The van der Waals surface area contributed by atoms with E-state index in [-0.39, 0.29) is 5.96 Å². The smallest absolute Gasteiger partial charge is 0.414 e. The first kappa shape index (κ1) is 22.5. The molecule has 0 aromatic heterocycles. The molecule has 0 fully saturated rings. The van der Waals surface area contributed by atoms with E-state index in [2.05, 4.69) is 22.5 Å². The summed E-state index contributed by atoms with van der Waals surface area (Å²) >= 11 is 0. The van der Waals surface area contributed by atoms with E-state index in [9.17, 15) is 9.59 Å². The molecule has 7 nitrogen and oxygen atoms in total. The highest BCUT2D eigenvalue weighted by Crippen LogP contribution is 2.14. The molecule has 0 atom stereocenters. The maximum Gasteiger partial charge on any atom is 0.414 e. The molecular weight excluding hydrogens is 346 g/mol. The van der Waals surface area contributed by atoms with Crippen molar-refractivity contribution in [3.05, 3.63) is 29.8 Å². The summed E-state index contributed by atoms with van der Waals surface area (Å²) in [5.74, 6) is -0.0678. The number of aliphatic imine (C=N–C) groups is 1. The van der Waals surface area contributed by atoms with E-state index in [0.717, 1.165) is 12.8 Å². The first-order valence-electron chi connectivity index (χ1n) is 9.05. The number of rotatable bonds is 3. The summed E-state index contributed by atoms with van der Waals surface area (Å²) in [6, 6.07) is 7.55. The number of carbonyl (C=O) groups is 2. The number of alkyl carbamates (subject to hydrolysis) is 2. The second kappa shape index (κ2) is 9.39. The lowest BCUT2D eigenvalue weighted by atomic mass is 10.1. The van der Waals surface area contributed by atoms with Crippen LogP contribution in [0.2, 0.25) is 0 Å². The van der Waals surface area contributed by atoms with Crippen LogP contribution >= 0.6 is 0 Å². The Balaban J connectivity index is 2.97. The molecule has 27 heavy (non-hydrogen) atoms. The van der Waals surface area contributed by atoms with E-state index < -0.39 is 23.4 Å². The Morgan fingerprint density at radius 2 is 1.33 bits per heavy atom. The number of carbonyl (C=O) groups excluding carboxylic acids is 2. The van der Waals surface area contributed by atoms with Crippen molar-refractivity contribution >= 4 is 23.8 Å². The van der Waals surface area contributed by atoms with Gasteiger partial charge in [-0.2, -0.15) is 0 Å². The van der Waals surface area contributed by atoms with Gasteiger partial charge in [0.05, 0.1) is 5.69 Å². The molecule has 0 unspecified atom stereocenters. The fourth-order valence-electron chi connectivity index (χ4n) is 2.04. The van der Waals surface area contributed by atoms with Gasteiger partial charge in [-0.3, -0.25) is 10.6 Å². The van der Waals surface area contributed by atoms with E-state index in [1.165, 1.54) is 5.56 Å². The minimum Gasteiger partial charge on any atom is -0.444 e. The fourth-order valence-corrected chi connectivity index (χ4v) is 2.04. The minimum atomic E-state index is -0.722. The predicted octanol–water partition coefficient (Wildman–Crippen LogP) is 4.68. The third-order valence-corrected chi connectivity index (χ3v) is 2.95. The van der Waals surface area contributed by atoms with Gasteiger partial charge >= 0.3 is 12.2 Å². The van der Waals surface area contributed by atoms with Crippen molar-refractivity contribution in [2.24, 2.45) is 4.99 Å². The number of hydrogen-bond donors (Lipinski definition) is 2. The molecule has 0 saturated carbocycles. The first-order chi connectivity index (χ1) is 12.4. The molecule has 2 amide bonds. The van der Waals surface area contributed by atoms with Crippen molar-refractivity contribution in [1.82, 2.24) is 10.6 Å². The molecule has 2 N–H and O–H groups in total. The van der Waals surface area contributed by atoms with E-state index in [4.69, 9.17) is 9.47 Å². The van der Waals surface area contributed by atoms with Crippen LogP contribution in [0.5, 0.6) is 0 Å². The summed E-state index contributed by atoms with van der Waals surface area (Å²) in [6.07, 6.45) is 0.581. The Bertz CT molecular complexity index is 636. The number of hydrogen-bond acceptors (Lipinski definition) is 5.